The van der Waals surface area contributed by atoms with Gasteiger partial charge in [0.05, 0.1) is 22.8 Å². The molecule has 0 unspecified atom stereocenters. The molecule has 3 aromatic carbocycles. The highest BCUT2D eigenvalue weighted by atomic mass is 35.5. The van der Waals surface area contributed by atoms with E-state index in [1.807, 2.05) is 24.3 Å². The van der Waals surface area contributed by atoms with Crippen LogP contribution < -0.4 is 10.2 Å². The van der Waals surface area contributed by atoms with E-state index in [-0.39, 0.29) is 18.1 Å². The van der Waals surface area contributed by atoms with E-state index in [0.29, 0.717) is 28.6 Å². The molecule has 4 aromatic rings. The molecule has 0 atom stereocenters. The van der Waals surface area contributed by atoms with Crippen LogP contribution in [-0.4, -0.2) is 26.6 Å². The predicted octanol–water partition coefficient (Wildman–Crippen LogP) is 4.61. The molecule has 0 saturated carbocycles. The summed E-state index contributed by atoms with van der Waals surface area (Å²) in [6.45, 7) is 2.17. The van der Waals surface area contributed by atoms with Crippen LogP contribution in [0.3, 0.4) is 0 Å². The number of amides is 1. The van der Waals surface area contributed by atoms with Gasteiger partial charge >= 0.3 is 0 Å². The first-order chi connectivity index (χ1) is 15.5. The molecule has 0 aliphatic carbocycles. The van der Waals surface area contributed by atoms with E-state index in [0.717, 1.165) is 11.0 Å². The summed E-state index contributed by atoms with van der Waals surface area (Å²) >= 11 is 6.00. The molecule has 0 aliphatic heterocycles. The van der Waals surface area contributed by atoms with E-state index < -0.39 is 5.82 Å². The van der Waals surface area contributed by atoms with Crippen LogP contribution in [0.2, 0.25) is 5.02 Å². The Hall–Kier alpha value is -3.78. The average Bonchev–Trinajstić information content (AvgIpc) is 3.20. The smallest absolute Gasteiger partial charge is 0.271 e. The Morgan fingerprint density at radius 2 is 1.91 bits per heavy atom. The standard InChI is InChI=1S/C23H19ClFN5O2/c1-15(13-30-22-8-3-2-7-21(22)27-29-30)26-28-23(31)16-9-11-17(12-10-16)32-14-18-19(24)5-4-6-20(18)25/h2-12H,13-14H2,1H3,(H,28,31). The molecular formula is C23H19ClFN5O2. The third kappa shape index (κ3) is 4.92. The average molecular weight is 452 g/mol. The van der Waals surface area contributed by atoms with Crippen LogP contribution in [0.4, 0.5) is 4.39 Å². The van der Waals surface area contributed by atoms with Gasteiger partial charge in [0.25, 0.3) is 5.91 Å². The number of nitrogens with one attached hydrogen (secondary N) is 1. The first-order valence-corrected chi connectivity index (χ1v) is 10.2. The molecule has 7 nitrogen and oxygen atoms in total. The van der Waals surface area contributed by atoms with Crippen molar-refractivity contribution in [3.63, 3.8) is 0 Å². The molecule has 1 amide bonds. The third-order valence-electron chi connectivity index (χ3n) is 4.71. The molecule has 0 aliphatic rings. The van der Waals surface area contributed by atoms with E-state index in [1.54, 1.807) is 41.9 Å². The minimum Gasteiger partial charge on any atom is -0.489 e. The van der Waals surface area contributed by atoms with Gasteiger partial charge in [-0.1, -0.05) is 35.0 Å². The molecule has 0 saturated heterocycles. The fraction of sp³-hybridized carbons (Fsp3) is 0.130. The van der Waals surface area contributed by atoms with Gasteiger partial charge in [-0.2, -0.15) is 5.10 Å². The molecule has 9 heteroatoms. The van der Waals surface area contributed by atoms with Gasteiger partial charge in [0.2, 0.25) is 0 Å². The van der Waals surface area contributed by atoms with Gasteiger partial charge in [-0.05, 0) is 55.5 Å². The molecule has 4 rings (SSSR count). The van der Waals surface area contributed by atoms with E-state index in [9.17, 15) is 9.18 Å². The molecule has 0 spiro atoms. The van der Waals surface area contributed by atoms with Crippen molar-refractivity contribution < 1.29 is 13.9 Å². The number of carbonyl (C=O) groups is 1. The number of rotatable bonds is 7. The van der Waals surface area contributed by atoms with Crippen molar-refractivity contribution in [1.29, 1.82) is 0 Å². The lowest BCUT2D eigenvalue weighted by Gasteiger charge is -2.09. The summed E-state index contributed by atoms with van der Waals surface area (Å²) in [5.74, 6) is -0.310. The molecule has 162 valence electrons. The summed E-state index contributed by atoms with van der Waals surface area (Å²) in [6.07, 6.45) is 0. The number of hydrazone groups is 1. The molecule has 0 bridgehead atoms. The Morgan fingerprint density at radius 3 is 2.69 bits per heavy atom. The molecule has 32 heavy (non-hydrogen) atoms. The van der Waals surface area contributed by atoms with Crippen LogP contribution in [-0.2, 0) is 13.2 Å². The van der Waals surface area contributed by atoms with Crippen molar-refractivity contribution in [1.82, 2.24) is 20.4 Å². The topological polar surface area (TPSA) is 81.4 Å². The summed E-state index contributed by atoms with van der Waals surface area (Å²) in [7, 11) is 0. The second-order valence-electron chi connectivity index (χ2n) is 7.04. The molecule has 1 aromatic heterocycles. The lowest BCUT2D eigenvalue weighted by Crippen LogP contribution is -2.20. The van der Waals surface area contributed by atoms with E-state index in [4.69, 9.17) is 16.3 Å². The number of benzene rings is 3. The summed E-state index contributed by atoms with van der Waals surface area (Å²) in [5, 5.41) is 12.6. The van der Waals surface area contributed by atoms with Crippen molar-refractivity contribution in [2.75, 3.05) is 0 Å². The number of ether oxygens (including phenoxy) is 1. The van der Waals surface area contributed by atoms with Crippen LogP contribution in [0.15, 0.2) is 71.8 Å². The van der Waals surface area contributed by atoms with Crippen LogP contribution >= 0.6 is 11.6 Å². The summed E-state index contributed by atoms with van der Waals surface area (Å²) in [4.78, 5) is 12.4. The quantitative estimate of drug-likeness (QED) is 0.328. The molecular weight excluding hydrogens is 433 g/mol. The van der Waals surface area contributed by atoms with E-state index in [1.165, 1.54) is 12.1 Å². The third-order valence-corrected chi connectivity index (χ3v) is 5.06. The normalized spacial score (nSPS) is 11.5. The summed E-state index contributed by atoms with van der Waals surface area (Å²) < 4.78 is 21.1. The van der Waals surface area contributed by atoms with Gasteiger partial charge in [0.1, 0.15) is 23.7 Å². The molecule has 1 heterocycles. The predicted molar refractivity (Wildman–Crippen MR) is 120 cm³/mol. The monoisotopic (exact) mass is 451 g/mol. The van der Waals surface area contributed by atoms with Gasteiger partial charge in [0.15, 0.2) is 0 Å². The Balaban J connectivity index is 1.34. The maximum Gasteiger partial charge on any atom is 0.271 e. The van der Waals surface area contributed by atoms with Crippen LogP contribution in [0.5, 0.6) is 5.75 Å². The number of aromatic nitrogens is 3. The largest absolute Gasteiger partial charge is 0.489 e. The molecule has 0 fully saturated rings. The minimum atomic E-state index is -0.430. The number of nitrogens with zero attached hydrogens (tertiary/aromatic N) is 4. The fourth-order valence-electron chi connectivity index (χ4n) is 3.03. The zero-order valence-electron chi connectivity index (χ0n) is 17.1. The van der Waals surface area contributed by atoms with Gasteiger partial charge in [-0.15, -0.1) is 5.10 Å². The Bertz CT molecular complexity index is 1270. The second-order valence-corrected chi connectivity index (χ2v) is 7.44. The van der Waals surface area contributed by atoms with E-state index >= 15 is 0 Å². The Kier molecular flexibility index (Phi) is 6.42. The van der Waals surface area contributed by atoms with Gasteiger partial charge in [-0.25, -0.2) is 14.5 Å². The van der Waals surface area contributed by atoms with Crippen LogP contribution in [0.25, 0.3) is 11.0 Å². The van der Waals surface area contributed by atoms with Gasteiger partial charge < -0.3 is 4.74 Å². The number of fused-ring (bicyclic) bond motifs is 1. The highest BCUT2D eigenvalue weighted by Crippen LogP contribution is 2.21. The molecule has 1 N–H and O–H groups in total. The van der Waals surface area contributed by atoms with Crippen molar-refractivity contribution in [3.8, 4) is 5.75 Å². The second kappa shape index (κ2) is 9.57. The van der Waals surface area contributed by atoms with E-state index in [2.05, 4.69) is 20.8 Å². The summed E-state index contributed by atoms with van der Waals surface area (Å²) in [6, 6.07) is 18.5. The highest BCUT2D eigenvalue weighted by molar-refractivity contribution is 6.31. The van der Waals surface area contributed by atoms with Crippen molar-refractivity contribution in [3.05, 3.63) is 88.7 Å². The van der Waals surface area contributed by atoms with Crippen molar-refractivity contribution in [2.45, 2.75) is 20.1 Å². The maximum absolute atomic E-state index is 13.8. The molecule has 0 radical (unpaired) electrons. The lowest BCUT2D eigenvalue weighted by atomic mass is 10.2. The number of hydrogen-bond acceptors (Lipinski definition) is 5. The zero-order valence-corrected chi connectivity index (χ0v) is 17.9. The zero-order chi connectivity index (χ0) is 22.5. The minimum absolute atomic E-state index is 0.0164. The van der Waals surface area contributed by atoms with Gasteiger partial charge in [0, 0.05) is 11.1 Å². The number of hydrogen-bond donors (Lipinski definition) is 1. The van der Waals surface area contributed by atoms with Gasteiger partial charge in [-0.3, -0.25) is 4.79 Å². The maximum atomic E-state index is 13.8. The highest BCUT2D eigenvalue weighted by Gasteiger charge is 2.09. The number of halogens is 2. The first-order valence-electron chi connectivity index (χ1n) is 9.79. The van der Waals surface area contributed by atoms with Crippen molar-refractivity contribution >= 4 is 34.3 Å². The van der Waals surface area contributed by atoms with Crippen LogP contribution in [0, 0.1) is 5.82 Å². The lowest BCUT2D eigenvalue weighted by molar-refractivity contribution is 0.0954. The number of para-hydroxylation sites is 1. The number of carbonyl (C=O) groups excluding carboxylic acids is 1. The van der Waals surface area contributed by atoms with Crippen LogP contribution in [0.1, 0.15) is 22.8 Å². The Morgan fingerprint density at radius 1 is 1.12 bits per heavy atom. The fourth-order valence-corrected chi connectivity index (χ4v) is 3.24. The van der Waals surface area contributed by atoms with Crippen molar-refractivity contribution in [2.24, 2.45) is 5.10 Å². The summed E-state index contributed by atoms with van der Waals surface area (Å²) in [5.41, 5.74) is 5.56. The first kappa shape index (κ1) is 21.5. The Labute approximate surface area is 188 Å². The SMILES string of the molecule is CC(Cn1nnc2ccccc21)=NNC(=O)c1ccc(OCc2c(F)cccc2Cl)cc1.